The van der Waals surface area contributed by atoms with Crippen LogP contribution in [0.4, 0.5) is 11.4 Å². The first-order valence-electron chi connectivity index (χ1n) is 9.96. The first-order valence-corrected chi connectivity index (χ1v) is 11.4. The van der Waals surface area contributed by atoms with Gasteiger partial charge in [0.1, 0.15) is 5.82 Å². The molecule has 0 aliphatic heterocycles. The van der Waals surface area contributed by atoms with E-state index in [-0.39, 0.29) is 16.1 Å². The highest BCUT2D eigenvalue weighted by Gasteiger charge is 2.21. The number of sulfonamides is 1. The number of para-hydroxylation sites is 1. The van der Waals surface area contributed by atoms with E-state index in [1.807, 2.05) is 6.07 Å². The molecule has 1 N–H and O–H groups in total. The van der Waals surface area contributed by atoms with E-state index in [0.29, 0.717) is 39.2 Å². The molecule has 168 valence electrons. The number of rotatable bonds is 5. The van der Waals surface area contributed by atoms with Gasteiger partial charge in [-0.3, -0.25) is 24.2 Å². The quantitative estimate of drug-likeness (QED) is 0.351. The van der Waals surface area contributed by atoms with Crippen LogP contribution in [-0.4, -0.2) is 22.9 Å². The maximum atomic E-state index is 13.0. The van der Waals surface area contributed by atoms with Crippen LogP contribution in [-0.2, 0) is 10.0 Å². The van der Waals surface area contributed by atoms with Gasteiger partial charge in [-0.25, -0.2) is 13.4 Å². The van der Waals surface area contributed by atoms with Crippen LogP contribution in [0.15, 0.2) is 70.4 Å². The third kappa shape index (κ3) is 4.08. The first kappa shape index (κ1) is 22.2. The highest BCUT2D eigenvalue weighted by molar-refractivity contribution is 7.92. The van der Waals surface area contributed by atoms with Crippen molar-refractivity contribution < 1.29 is 13.3 Å². The number of nitro benzene ring substituents is 1. The van der Waals surface area contributed by atoms with E-state index in [9.17, 15) is 23.3 Å². The molecular weight excluding hydrogens is 444 g/mol. The molecule has 3 aromatic carbocycles. The van der Waals surface area contributed by atoms with E-state index in [2.05, 4.69) is 9.71 Å². The zero-order valence-electron chi connectivity index (χ0n) is 18.1. The standard InChI is InChI=1S/C23H20N4O5S/c1-14-8-9-18(27(29)30)13-22(14)33(31,32)25-20-11-10-17(12-15(20)2)26-16(3)24-21-7-5-4-6-19(21)23(26)28/h4-13,25H,1-3H3. The summed E-state index contributed by atoms with van der Waals surface area (Å²) in [4.78, 5) is 27.8. The number of hydrogen-bond acceptors (Lipinski definition) is 6. The van der Waals surface area contributed by atoms with Crippen LogP contribution in [0, 0.1) is 30.9 Å². The molecule has 4 rings (SSSR count). The second-order valence-electron chi connectivity index (χ2n) is 7.63. The number of nitrogens with one attached hydrogen (secondary N) is 1. The topological polar surface area (TPSA) is 124 Å². The molecule has 1 heterocycles. The minimum absolute atomic E-state index is 0.175. The molecule has 0 saturated heterocycles. The Morgan fingerprint density at radius 3 is 2.39 bits per heavy atom. The van der Waals surface area contributed by atoms with Gasteiger partial charge >= 0.3 is 0 Å². The maximum Gasteiger partial charge on any atom is 0.270 e. The molecule has 0 fully saturated rings. The number of nitro groups is 1. The van der Waals surface area contributed by atoms with Crippen LogP contribution in [0.25, 0.3) is 16.6 Å². The van der Waals surface area contributed by atoms with Gasteiger partial charge in [-0.2, -0.15) is 0 Å². The summed E-state index contributed by atoms with van der Waals surface area (Å²) in [6, 6.07) is 15.6. The van der Waals surface area contributed by atoms with Crippen molar-refractivity contribution in [3.8, 4) is 5.69 Å². The smallest absolute Gasteiger partial charge is 0.270 e. The van der Waals surface area contributed by atoms with Crippen LogP contribution in [0.2, 0.25) is 0 Å². The van der Waals surface area contributed by atoms with Crippen molar-refractivity contribution in [1.82, 2.24) is 9.55 Å². The molecule has 0 unspecified atom stereocenters. The molecule has 0 radical (unpaired) electrons. The molecule has 0 bridgehead atoms. The lowest BCUT2D eigenvalue weighted by Crippen LogP contribution is -2.22. The van der Waals surface area contributed by atoms with Gasteiger partial charge in [0.15, 0.2) is 0 Å². The number of benzene rings is 3. The summed E-state index contributed by atoms with van der Waals surface area (Å²) in [6.07, 6.45) is 0. The summed E-state index contributed by atoms with van der Waals surface area (Å²) >= 11 is 0. The fourth-order valence-corrected chi connectivity index (χ4v) is 5.04. The predicted molar refractivity (Wildman–Crippen MR) is 125 cm³/mol. The Bertz CT molecular complexity index is 1590. The summed E-state index contributed by atoms with van der Waals surface area (Å²) in [5.74, 6) is 0.499. The molecule has 4 aromatic rings. The summed E-state index contributed by atoms with van der Waals surface area (Å²) in [6.45, 7) is 5.00. The highest BCUT2D eigenvalue weighted by Crippen LogP contribution is 2.26. The number of fused-ring (bicyclic) bond motifs is 1. The van der Waals surface area contributed by atoms with Crippen LogP contribution < -0.4 is 10.3 Å². The first-order chi connectivity index (χ1) is 15.6. The zero-order chi connectivity index (χ0) is 23.9. The number of aryl methyl sites for hydroxylation is 3. The number of non-ortho nitro benzene ring substituents is 1. The Labute approximate surface area is 189 Å². The third-order valence-corrected chi connectivity index (χ3v) is 6.84. The molecule has 1 aromatic heterocycles. The molecule has 0 aliphatic carbocycles. The Morgan fingerprint density at radius 2 is 1.70 bits per heavy atom. The Balaban J connectivity index is 1.74. The average Bonchev–Trinajstić information content (AvgIpc) is 2.75. The molecular formula is C23H20N4O5S. The van der Waals surface area contributed by atoms with E-state index < -0.39 is 14.9 Å². The molecule has 9 nitrogen and oxygen atoms in total. The largest absolute Gasteiger partial charge is 0.279 e. The van der Waals surface area contributed by atoms with Crippen molar-refractivity contribution in [2.75, 3.05) is 4.72 Å². The minimum Gasteiger partial charge on any atom is -0.279 e. The van der Waals surface area contributed by atoms with Gasteiger partial charge in [-0.1, -0.05) is 18.2 Å². The number of hydrogen-bond donors (Lipinski definition) is 1. The molecule has 0 spiro atoms. The van der Waals surface area contributed by atoms with Crippen molar-refractivity contribution >= 4 is 32.3 Å². The summed E-state index contributed by atoms with van der Waals surface area (Å²) in [5.41, 5.74) is 1.85. The second-order valence-corrected chi connectivity index (χ2v) is 9.28. The lowest BCUT2D eigenvalue weighted by atomic mass is 10.1. The zero-order valence-corrected chi connectivity index (χ0v) is 18.9. The van der Waals surface area contributed by atoms with E-state index >= 15 is 0 Å². The van der Waals surface area contributed by atoms with Gasteiger partial charge in [-0.05, 0) is 62.2 Å². The van der Waals surface area contributed by atoms with Crippen LogP contribution in [0.1, 0.15) is 17.0 Å². The normalized spacial score (nSPS) is 11.5. The predicted octanol–water partition coefficient (Wildman–Crippen LogP) is 4.02. The number of nitrogens with zero attached hydrogens (tertiary/aromatic N) is 3. The summed E-state index contributed by atoms with van der Waals surface area (Å²) < 4.78 is 29.9. The molecule has 0 atom stereocenters. The molecule has 33 heavy (non-hydrogen) atoms. The van der Waals surface area contributed by atoms with Gasteiger partial charge in [0.05, 0.1) is 32.1 Å². The average molecular weight is 465 g/mol. The van der Waals surface area contributed by atoms with Gasteiger partial charge < -0.3 is 0 Å². The van der Waals surface area contributed by atoms with Crippen LogP contribution >= 0.6 is 0 Å². The lowest BCUT2D eigenvalue weighted by Gasteiger charge is -2.15. The molecule has 0 aliphatic rings. The lowest BCUT2D eigenvalue weighted by molar-refractivity contribution is -0.385. The van der Waals surface area contributed by atoms with E-state index in [1.54, 1.807) is 57.2 Å². The van der Waals surface area contributed by atoms with Gasteiger partial charge in [0.2, 0.25) is 0 Å². The van der Waals surface area contributed by atoms with E-state index in [0.717, 1.165) is 6.07 Å². The van der Waals surface area contributed by atoms with E-state index in [4.69, 9.17) is 0 Å². The van der Waals surface area contributed by atoms with Crippen molar-refractivity contribution in [2.24, 2.45) is 0 Å². The second kappa shape index (κ2) is 8.14. The Morgan fingerprint density at radius 1 is 0.970 bits per heavy atom. The molecule has 10 heteroatoms. The maximum absolute atomic E-state index is 13.0. The van der Waals surface area contributed by atoms with Crippen LogP contribution in [0.3, 0.4) is 0 Å². The summed E-state index contributed by atoms with van der Waals surface area (Å²) in [7, 11) is -4.08. The van der Waals surface area contributed by atoms with Crippen molar-refractivity contribution in [3.05, 3.63) is 98.1 Å². The van der Waals surface area contributed by atoms with Crippen LogP contribution in [0.5, 0.6) is 0 Å². The Kier molecular flexibility index (Phi) is 5.46. The molecule has 0 saturated carbocycles. The SMILES string of the molecule is Cc1cc(-n2c(C)nc3ccccc3c2=O)ccc1NS(=O)(=O)c1cc([N+](=O)[O-])ccc1C. The van der Waals surface area contributed by atoms with Gasteiger partial charge in [0, 0.05) is 12.1 Å². The Hall–Kier alpha value is -4.05. The molecule has 0 amide bonds. The van der Waals surface area contributed by atoms with Gasteiger partial charge in [0.25, 0.3) is 21.3 Å². The van der Waals surface area contributed by atoms with E-state index in [1.165, 1.54) is 16.7 Å². The monoisotopic (exact) mass is 464 g/mol. The van der Waals surface area contributed by atoms with Crippen molar-refractivity contribution in [2.45, 2.75) is 25.7 Å². The van der Waals surface area contributed by atoms with Crippen molar-refractivity contribution in [1.29, 1.82) is 0 Å². The van der Waals surface area contributed by atoms with Gasteiger partial charge in [-0.15, -0.1) is 0 Å². The highest BCUT2D eigenvalue weighted by atomic mass is 32.2. The number of aromatic nitrogens is 2. The number of anilines is 1. The fraction of sp³-hybridized carbons (Fsp3) is 0.130. The third-order valence-electron chi connectivity index (χ3n) is 5.33. The summed E-state index contributed by atoms with van der Waals surface area (Å²) in [5, 5.41) is 11.5. The fourth-order valence-electron chi connectivity index (χ4n) is 3.64. The minimum atomic E-state index is -4.08. The van der Waals surface area contributed by atoms with Crippen molar-refractivity contribution in [3.63, 3.8) is 0 Å².